The van der Waals surface area contributed by atoms with Gasteiger partial charge in [-0.1, -0.05) is 20.3 Å². The minimum atomic E-state index is -0.541. The van der Waals surface area contributed by atoms with Crippen LogP contribution in [-0.2, 0) is 9.47 Å². The minimum Gasteiger partial charge on any atom is -0.434 e. The van der Waals surface area contributed by atoms with E-state index in [4.69, 9.17) is 4.74 Å². The Labute approximate surface area is 67.7 Å². The molecule has 3 nitrogen and oxygen atoms in total. The lowest BCUT2D eigenvalue weighted by Crippen LogP contribution is -2.08. The van der Waals surface area contributed by atoms with Gasteiger partial charge >= 0.3 is 6.16 Å². The van der Waals surface area contributed by atoms with E-state index in [1.165, 1.54) is 0 Å². The highest BCUT2D eigenvalue weighted by Crippen LogP contribution is 1.91. The predicted molar refractivity (Wildman–Crippen MR) is 42.5 cm³/mol. The summed E-state index contributed by atoms with van der Waals surface area (Å²) in [6.07, 6.45) is 2.23. The summed E-state index contributed by atoms with van der Waals surface area (Å²) in [5, 5.41) is 0. The number of carbonyl (C=O) groups is 1. The van der Waals surface area contributed by atoms with E-state index in [1.807, 2.05) is 13.8 Å². The Balaban J connectivity index is 3.09. The molecule has 0 aromatic rings. The third-order valence-electron chi connectivity index (χ3n) is 1.14. The van der Waals surface area contributed by atoms with Gasteiger partial charge in [0.05, 0.1) is 13.2 Å². The fourth-order valence-corrected chi connectivity index (χ4v) is 0.527. The highest BCUT2D eigenvalue weighted by molar-refractivity contribution is 5.59. The molecule has 0 N–H and O–H groups in total. The van der Waals surface area contributed by atoms with Crippen molar-refractivity contribution in [1.29, 1.82) is 0 Å². The third kappa shape index (κ3) is 7.16. The Hall–Kier alpha value is -0.730. The van der Waals surface area contributed by atoms with Crippen LogP contribution in [0.2, 0.25) is 0 Å². The van der Waals surface area contributed by atoms with Gasteiger partial charge in [0.15, 0.2) is 0 Å². The summed E-state index contributed by atoms with van der Waals surface area (Å²) >= 11 is 0. The van der Waals surface area contributed by atoms with Gasteiger partial charge in [-0.2, -0.15) is 0 Å². The molecule has 0 aliphatic carbocycles. The molecule has 0 amide bonds. The van der Waals surface area contributed by atoms with Crippen molar-refractivity contribution in [3.63, 3.8) is 0 Å². The molecule has 0 saturated carbocycles. The van der Waals surface area contributed by atoms with Gasteiger partial charge in [-0.15, -0.1) is 0 Å². The van der Waals surface area contributed by atoms with Crippen molar-refractivity contribution < 1.29 is 14.3 Å². The second-order valence-electron chi connectivity index (χ2n) is 2.30. The first-order chi connectivity index (χ1) is 5.31. The molecule has 0 aliphatic heterocycles. The fraction of sp³-hybridized carbons (Fsp3) is 0.875. The highest BCUT2D eigenvalue weighted by atomic mass is 16.7. The van der Waals surface area contributed by atoms with Gasteiger partial charge in [-0.3, -0.25) is 0 Å². The van der Waals surface area contributed by atoms with Gasteiger partial charge in [0.25, 0.3) is 0 Å². The van der Waals surface area contributed by atoms with Crippen molar-refractivity contribution in [2.24, 2.45) is 0 Å². The monoisotopic (exact) mass is 160 g/mol. The molecule has 66 valence electrons. The normalized spacial score (nSPS) is 9.27. The lowest BCUT2D eigenvalue weighted by molar-refractivity contribution is 0.0545. The van der Waals surface area contributed by atoms with Crippen LogP contribution in [0.25, 0.3) is 0 Å². The van der Waals surface area contributed by atoms with Crippen LogP contribution in [0.1, 0.15) is 33.1 Å². The second kappa shape index (κ2) is 7.38. The fourth-order valence-electron chi connectivity index (χ4n) is 0.527. The highest BCUT2D eigenvalue weighted by Gasteiger charge is 2.00. The lowest BCUT2D eigenvalue weighted by atomic mass is 10.4. The summed E-state index contributed by atoms with van der Waals surface area (Å²) in [5.41, 5.74) is 0. The van der Waals surface area contributed by atoms with Crippen molar-refractivity contribution in [1.82, 2.24) is 0 Å². The van der Waals surface area contributed by atoms with Gasteiger partial charge in [-0.05, 0) is 12.8 Å². The first-order valence-corrected chi connectivity index (χ1v) is 4.10. The Bertz CT molecular complexity index is 102. The first-order valence-electron chi connectivity index (χ1n) is 4.10. The van der Waals surface area contributed by atoms with Gasteiger partial charge < -0.3 is 9.47 Å². The standard InChI is InChI=1S/C8H16O3/c1-3-5-7-11-8(9)10-6-4-2/h3-7H2,1-2H3. The van der Waals surface area contributed by atoms with E-state index in [-0.39, 0.29) is 0 Å². The summed E-state index contributed by atoms with van der Waals surface area (Å²) in [6, 6.07) is 0. The van der Waals surface area contributed by atoms with Crippen LogP contribution in [0, 0.1) is 0 Å². The number of rotatable bonds is 5. The maximum Gasteiger partial charge on any atom is 0.508 e. The zero-order valence-corrected chi connectivity index (χ0v) is 7.26. The van der Waals surface area contributed by atoms with Crippen molar-refractivity contribution in [3.05, 3.63) is 0 Å². The lowest BCUT2D eigenvalue weighted by Gasteiger charge is -2.03. The van der Waals surface area contributed by atoms with Crippen LogP contribution in [0.3, 0.4) is 0 Å². The van der Waals surface area contributed by atoms with E-state index < -0.39 is 6.16 Å². The first kappa shape index (κ1) is 10.3. The number of hydrogen-bond acceptors (Lipinski definition) is 3. The molecular formula is C8H16O3. The van der Waals surface area contributed by atoms with Gasteiger partial charge in [0, 0.05) is 0 Å². The Morgan fingerprint density at radius 2 is 1.73 bits per heavy atom. The van der Waals surface area contributed by atoms with Crippen molar-refractivity contribution in [2.75, 3.05) is 13.2 Å². The van der Waals surface area contributed by atoms with Crippen molar-refractivity contribution >= 4 is 6.16 Å². The van der Waals surface area contributed by atoms with Gasteiger partial charge in [-0.25, -0.2) is 4.79 Å². The Morgan fingerprint density at radius 1 is 1.09 bits per heavy atom. The van der Waals surface area contributed by atoms with Crippen LogP contribution < -0.4 is 0 Å². The molecule has 0 bridgehead atoms. The molecule has 0 unspecified atom stereocenters. The van der Waals surface area contributed by atoms with Crippen molar-refractivity contribution in [2.45, 2.75) is 33.1 Å². The maximum atomic E-state index is 10.6. The third-order valence-corrected chi connectivity index (χ3v) is 1.14. The summed E-state index contributed by atoms with van der Waals surface area (Å²) in [5.74, 6) is 0. The summed E-state index contributed by atoms with van der Waals surface area (Å²) < 4.78 is 9.40. The average Bonchev–Trinajstić information content (AvgIpc) is 2.01. The topological polar surface area (TPSA) is 35.5 Å². The molecule has 0 aromatic carbocycles. The van der Waals surface area contributed by atoms with E-state index in [0.717, 1.165) is 19.3 Å². The van der Waals surface area contributed by atoms with E-state index in [1.54, 1.807) is 0 Å². The molecule has 0 aromatic heterocycles. The van der Waals surface area contributed by atoms with Crippen LogP contribution in [-0.4, -0.2) is 19.4 Å². The summed E-state index contributed by atoms with van der Waals surface area (Å²) in [6.45, 7) is 4.91. The molecule has 0 atom stereocenters. The molecule has 3 heteroatoms. The Morgan fingerprint density at radius 3 is 2.27 bits per heavy atom. The smallest absolute Gasteiger partial charge is 0.434 e. The molecule has 11 heavy (non-hydrogen) atoms. The number of hydrogen-bond donors (Lipinski definition) is 0. The predicted octanol–water partition coefficient (Wildman–Crippen LogP) is 2.35. The van der Waals surface area contributed by atoms with E-state index in [0.29, 0.717) is 13.2 Å². The number of ether oxygens (including phenoxy) is 2. The van der Waals surface area contributed by atoms with Crippen LogP contribution in [0.15, 0.2) is 0 Å². The molecular weight excluding hydrogens is 144 g/mol. The van der Waals surface area contributed by atoms with Crippen LogP contribution >= 0.6 is 0 Å². The SMILES string of the molecule is CCCCOC(=O)OCCC. The molecule has 0 spiro atoms. The average molecular weight is 160 g/mol. The zero-order chi connectivity index (χ0) is 8.53. The quantitative estimate of drug-likeness (QED) is 0.457. The van der Waals surface area contributed by atoms with E-state index in [9.17, 15) is 4.79 Å². The molecule has 0 fully saturated rings. The largest absolute Gasteiger partial charge is 0.508 e. The van der Waals surface area contributed by atoms with Gasteiger partial charge in [0.1, 0.15) is 0 Å². The molecule has 0 aliphatic rings. The van der Waals surface area contributed by atoms with Crippen LogP contribution in [0.5, 0.6) is 0 Å². The molecule has 0 rings (SSSR count). The van der Waals surface area contributed by atoms with E-state index >= 15 is 0 Å². The summed E-state index contributed by atoms with van der Waals surface area (Å²) in [7, 11) is 0. The summed E-state index contributed by atoms with van der Waals surface area (Å²) in [4.78, 5) is 10.6. The minimum absolute atomic E-state index is 0.449. The second-order valence-corrected chi connectivity index (χ2v) is 2.30. The Kier molecular flexibility index (Phi) is 6.89. The molecule has 0 heterocycles. The van der Waals surface area contributed by atoms with Crippen LogP contribution in [0.4, 0.5) is 4.79 Å². The van der Waals surface area contributed by atoms with E-state index in [2.05, 4.69) is 4.74 Å². The molecule has 0 radical (unpaired) electrons. The zero-order valence-electron chi connectivity index (χ0n) is 7.26. The van der Waals surface area contributed by atoms with Crippen molar-refractivity contribution in [3.8, 4) is 0 Å². The number of carbonyl (C=O) groups excluding carboxylic acids is 1. The van der Waals surface area contributed by atoms with Gasteiger partial charge in [0.2, 0.25) is 0 Å². The molecule has 0 saturated heterocycles. The maximum absolute atomic E-state index is 10.6. The number of unbranched alkanes of at least 4 members (excludes halogenated alkanes) is 1.